The quantitative estimate of drug-likeness (QED) is 0.770. The third kappa shape index (κ3) is 3.21. The van der Waals surface area contributed by atoms with E-state index in [9.17, 15) is 5.11 Å². The molecule has 1 heterocycles. The van der Waals surface area contributed by atoms with E-state index in [0.29, 0.717) is 17.9 Å². The number of nitrogens with two attached hydrogens (primary N) is 1. The molecule has 0 aliphatic rings. The Balaban J connectivity index is 2.09. The van der Waals surface area contributed by atoms with Crippen LogP contribution in [0, 0.1) is 0 Å². The minimum Gasteiger partial charge on any atom is -0.396 e. The highest BCUT2D eigenvalue weighted by molar-refractivity contribution is 5.68. The minimum absolute atomic E-state index is 0.324. The van der Waals surface area contributed by atoms with Crippen LogP contribution in [-0.4, -0.2) is 16.2 Å². The first kappa shape index (κ1) is 12.4. The van der Waals surface area contributed by atoms with Gasteiger partial charge < -0.3 is 16.2 Å². The summed E-state index contributed by atoms with van der Waals surface area (Å²) < 4.78 is 0. The van der Waals surface area contributed by atoms with Gasteiger partial charge in [-0.15, -0.1) is 0 Å². The highest BCUT2D eigenvalue weighted by Crippen LogP contribution is 2.20. The van der Waals surface area contributed by atoms with Gasteiger partial charge in [0.1, 0.15) is 0 Å². The Morgan fingerprint density at radius 2 is 2.00 bits per heavy atom. The molecule has 0 radical (unpaired) electrons. The zero-order valence-electron chi connectivity index (χ0n) is 10.3. The van der Waals surface area contributed by atoms with Crippen molar-refractivity contribution in [3.05, 3.63) is 48.2 Å². The van der Waals surface area contributed by atoms with Crippen LogP contribution in [-0.2, 0) is 6.42 Å². The van der Waals surface area contributed by atoms with Crippen molar-refractivity contribution >= 4 is 17.2 Å². The lowest BCUT2D eigenvalue weighted by molar-refractivity contribution is 0.195. The summed E-state index contributed by atoms with van der Waals surface area (Å²) in [6.07, 6.45) is 2.03. The molecule has 1 atom stereocenters. The third-order valence-corrected chi connectivity index (χ3v) is 2.59. The molecule has 94 valence electrons. The molecule has 1 aromatic heterocycles. The molecule has 0 aliphatic heterocycles. The molecule has 0 unspecified atom stereocenters. The number of nitrogen functional groups attached to an aromatic ring is 1. The Labute approximate surface area is 106 Å². The van der Waals surface area contributed by atoms with Gasteiger partial charge in [0, 0.05) is 11.9 Å². The number of hydrogen-bond acceptors (Lipinski definition) is 4. The SMILES string of the molecule is C[C@H](O)Cc1ccc(Nc2ncccc2N)cc1. The molecule has 0 spiro atoms. The lowest BCUT2D eigenvalue weighted by Gasteiger charge is -2.09. The Hall–Kier alpha value is -2.07. The number of benzene rings is 1. The molecule has 1 aromatic carbocycles. The number of anilines is 3. The predicted octanol–water partition coefficient (Wildman–Crippen LogP) is 2.33. The summed E-state index contributed by atoms with van der Waals surface area (Å²) in [6, 6.07) is 11.5. The molecule has 4 heteroatoms. The molecule has 0 fully saturated rings. The standard InChI is InChI=1S/C14H17N3O/c1-10(18)9-11-4-6-12(7-5-11)17-14-13(15)3-2-8-16-14/h2-8,10,18H,9,15H2,1H3,(H,16,17)/t10-/m0/s1. The van der Waals surface area contributed by atoms with E-state index in [0.717, 1.165) is 11.3 Å². The fourth-order valence-electron chi connectivity index (χ4n) is 1.72. The summed E-state index contributed by atoms with van der Waals surface area (Å²) in [7, 11) is 0. The van der Waals surface area contributed by atoms with Crippen molar-refractivity contribution in [2.45, 2.75) is 19.4 Å². The van der Waals surface area contributed by atoms with E-state index in [1.807, 2.05) is 24.3 Å². The van der Waals surface area contributed by atoms with Gasteiger partial charge in [0.05, 0.1) is 11.8 Å². The van der Waals surface area contributed by atoms with Crippen molar-refractivity contribution in [3.8, 4) is 0 Å². The van der Waals surface area contributed by atoms with Crippen LogP contribution in [0.1, 0.15) is 12.5 Å². The maximum absolute atomic E-state index is 9.30. The maximum atomic E-state index is 9.30. The fraction of sp³-hybridized carbons (Fsp3) is 0.214. The monoisotopic (exact) mass is 243 g/mol. The number of hydrogen-bond donors (Lipinski definition) is 3. The van der Waals surface area contributed by atoms with Crippen molar-refractivity contribution in [2.75, 3.05) is 11.1 Å². The maximum Gasteiger partial charge on any atom is 0.153 e. The molecule has 2 aromatic rings. The van der Waals surface area contributed by atoms with E-state index in [-0.39, 0.29) is 6.10 Å². The first-order chi connectivity index (χ1) is 8.65. The molecule has 0 saturated carbocycles. The number of aliphatic hydroxyl groups excluding tert-OH is 1. The average molecular weight is 243 g/mol. The molecule has 18 heavy (non-hydrogen) atoms. The smallest absolute Gasteiger partial charge is 0.153 e. The molecular weight excluding hydrogens is 226 g/mol. The number of pyridine rings is 1. The zero-order valence-corrected chi connectivity index (χ0v) is 10.3. The summed E-state index contributed by atoms with van der Waals surface area (Å²) >= 11 is 0. The Bertz CT molecular complexity index is 509. The normalized spacial score (nSPS) is 12.1. The fourth-order valence-corrected chi connectivity index (χ4v) is 1.72. The predicted molar refractivity (Wildman–Crippen MR) is 73.8 cm³/mol. The number of aliphatic hydroxyl groups is 1. The first-order valence-corrected chi connectivity index (χ1v) is 5.89. The van der Waals surface area contributed by atoms with Crippen molar-refractivity contribution in [2.24, 2.45) is 0 Å². The van der Waals surface area contributed by atoms with Crippen LogP contribution in [0.2, 0.25) is 0 Å². The van der Waals surface area contributed by atoms with E-state index < -0.39 is 0 Å². The van der Waals surface area contributed by atoms with Crippen molar-refractivity contribution < 1.29 is 5.11 Å². The highest BCUT2D eigenvalue weighted by atomic mass is 16.3. The van der Waals surface area contributed by atoms with Crippen LogP contribution in [0.5, 0.6) is 0 Å². The largest absolute Gasteiger partial charge is 0.396 e. The second kappa shape index (κ2) is 5.51. The molecular formula is C14H17N3O. The van der Waals surface area contributed by atoms with Crippen molar-refractivity contribution in [1.29, 1.82) is 0 Å². The Morgan fingerprint density at radius 1 is 1.28 bits per heavy atom. The molecule has 0 amide bonds. The molecule has 0 bridgehead atoms. The minimum atomic E-state index is -0.324. The number of aromatic nitrogens is 1. The van der Waals surface area contributed by atoms with E-state index in [4.69, 9.17) is 5.73 Å². The summed E-state index contributed by atoms with van der Waals surface area (Å²) in [5, 5.41) is 12.5. The van der Waals surface area contributed by atoms with Crippen LogP contribution in [0.15, 0.2) is 42.6 Å². The van der Waals surface area contributed by atoms with E-state index in [1.54, 1.807) is 25.3 Å². The van der Waals surface area contributed by atoms with Gasteiger partial charge >= 0.3 is 0 Å². The Morgan fingerprint density at radius 3 is 2.61 bits per heavy atom. The summed E-state index contributed by atoms with van der Waals surface area (Å²) in [5.41, 5.74) is 8.45. The summed E-state index contributed by atoms with van der Waals surface area (Å²) in [6.45, 7) is 1.78. The van der Waals surface area contributed by atoms with E-state index in [2.05, 4.69) is 10.3 Å². The van der Waals surface area contributed by atoms with Gasteiger partial charge in [-0.05, 0) is 43.2 Å². The first-order valence-electron chi connectivity index (χ1n) is 5.89. The van der Waals surface area contributed by atoms with Gasteiger partial charge in [-0.25, -0.2) is 4.98 Å². The molecule has 0 saturated heterocycles. The van der Waals surface area contributed by atoms with Gasteiger partial charge in [-0.3, -0.25) is 0 Å². The number of nitrogens with zero attached hydrogens (tertiary/aromatic N) is 1. The topological polar surface area (TPSA) is 71.2 Å². The zero-order chi connectivity index (χ0) is 13.0. The molecule has 0 aliphatic carbocycles. The summed E-state index contributed by atoms with van der Waals surface area (Å²) in [4.78, 5) is 4.17. The van der Waals surface area contributed by atoms with Gasteiger partial charge in [0.15, 0.2) is 5.82 Å². The van der Waals surface area contributed by atoms with Crippen LogP contribution in [0.3, 0.4) is 0 Å². The second-order valence-electron chi connectivity index (χ2n) is 4.32. The van der Waals surface area contributed by atoms with Crippen LogP contribution in [0.4, 0.5) is 17.2 Å². The number of rotatable bonds is 4. The van der Waals surface area contributed by atoms with Gasteiger partial charge in [-0.2, -0.15) is 0 Å². The number of nitrogens with one attached hydrogen (secondary N) is 1. The van der Waals surface area contributed by atoms with E-state index >= 15 is 0 Å². The Kier molecular flexibility index (Phi) is 3.79. The van der Waals surface area contributed by atoms with Crippen LogP contribution in [0.25, 0.3) is 0 Å². The van der Waals surface area contributed by atoms with E-state index in [1.165, 1.54) is 0 Å². The lowest BCUT2D eigenvalue weighted by Crippen LogP contribution is -2.04. The van der Waals surface area contributed by atoms with Crippen molar-refractivity contribution in [3.63, 3.8) is 0 Å². The third-order valence-electron chi connectivity index (χ3n) is 2.59. The lowest BCUT2D eigenvalue weighted by atomic mass is 10.1. The van der Waals surface area contributed by atoms with Crippen LogP contribution >= 0.6 is 0 Å². The summed E-state index contributed by atoms with van der Waals surface area (Å²) in [5.74, 6) is 0.653. The van der Waals surface area contributed by atoms with Gasteiger partial charge in [0.25, 0.3) is 0 Å². The molecule has 4 N–H and O–H groups in total. The highest BCUT2D eigenvalue weighted by Gasteiger charge is 2.01. The van der Waals surface area contributed by atoms with Crippen LogP contribution < -0.4 is 11.1 Å². The second-order valence-corrected chi connectivity index (χ2v) is 4.32. The average Bonchev–Trinajstić information content (AvgIpc) is 2.34. The van der Waals surface area contributed by atoms with Gasteiger partial charge in [-0.1, -0.05) is 12.1 Å². The molecule has 4 nitrogen and oxygen atoms in total. The molecule has 2 rings (SSSR count). The van der Waals surface area contributed by atoms with Gasteiger partial charge in [0.2, 0.25) is 0 Å². The van der Waals surface area contributed by atoms with Crippen molar-refractivity contribution in [1.82, 2.24) is 4.98 Å².